The number of aliphatic hydroxyl groups is 2. The molecule has 2 rings (SSSR count). The molecule has 0 bridgehead atoms. The van der Waals surface area contributed by atoms with Crippen molar-refractivity contribution in [1.29, 1.82) is 0 Å². The lowest BCUT2D eigenvalue weighted by Gasteiger charge is -2.24. The maximum absolute atomic E-state index is 10.1. The van der Waals surface area contributed by atoms with Gasteiger partial charge in [0.2, 0.25) is 5.95 Å². The van der Waals surface area contributed by atoms with Crippen molar-refractivity contribution in [2.24, 2.45) is 0 Å². The number of hydrogen-bond acceptors (Lipinski definition) is 6. The van der Waals surface area contributed by atoms with Crippen molar-refractivity contribution in [3.8, 4) is 0 Å². The van der Waals surface area contributed by atoms with E-state index in [0.29, 0.717) is 25.9 Å². The molecule has 1 atom stereocenters. The van der Waals surface area contributed by atoms with E-state index in [-0.39, 0.29) is 12.6 Å². The molecule has 0 unspecified atom stereocenters. The molecule has 0 spiro atoms. The van der Waals surface area contributed by atoms with Crippen LogP contribution in [-0.2, 0) is 6.42 Å². The van der Waals surface area contributed by atoms with Gasteiger partial charge in [-0.2, -0.15) is 4.98 Å². The molecule has 0 aromatic carbocycles. The summed E-state index contributed by atoms with van der Waals surface area (Å²) in [6.45, 7) is 6.36. The molecular weight excluding hydrogens is 244 g/mol. The number of nitrogens with zero attached hydrogens (tertiary/aromatic N) is 3. The summed E-state index contributed by atoms with van der Waals surface area (Å²) in [4.78, 5) is 10.4. The third-order valence-electron chi connectivity index (χ3n) is 3.48. The highest BCUT2D eigenvalue weighted by atomic mass is 16.3. The third-order valence-corrected chi connectivity index (χ3v) is 3.48. The standard InChI is InChI=1S/C13H20N4O2/c1-3-4-10-9(2)15-12(14)16-11(10)17-6-5-13(19,7-17)8-18/h3,18-19H,1,4-8H2,2H3,(H2,14,15,16)/t13-/m0/s1. The Morgan fingerprint density at radius 2 is 2.26 bits per heavy atom. The van der Waals surface area contributed by atoms with Gasteiger partial charge in [-0.3, -0.25) is 0 Å². The Balaban J connectivity index is 2.36. The summed E-state index contributed by atoms with van der Waals surface area (Å²) in [5.41, 5.74) is 6.43. The molecular formula is C13H20N4O2. The maximum Gasteiger partial charge on any atom is 0.222 e. The highest BCUT2D eigenvalue weighted by Crippen LogP contribution is 2.29. The van der Waals surface area contributed by atoms with E-state index in [1.165, 1.54) is 0 Å². The first-order valence-corrected chi connectivity index (χ1v) is 6.31. The van der Waals surface area contributed by atoms with E-state index in [1.807, 2.05) is 11.8 Å². The molecule has 0 aliphatic carbocycles. The highest BCUT2D eigenvalue weighted by molar-refractivity contribution is 5.53. The number of anilines is 2. The van der Waals surface area contributed by atoms with Gasteiger partial charge < -0.3 is 20.8 Å². The first-order chi connectivity index (χ1) is 8.99. The Morgan fingerprint density at radius 1 is 1.53 bits per heavy atom. The summed E-state index contributed by atoms with van der Waals surface area (Å²) in [6, 6.07) is 0. The van der Waals surface area contributed by atoms with Crippen LogP contribution in [0.15, 0.2) is 12.7 Å². The molecule has 0 amide bonds. The van der Waals surface area contributed by atoms with Gasteiger partial charge in [0.15, 0.2) is 0 Å². The second-order valence-corrected chi connectivity index (χ2v) is 5.02. The molecule has 2 heterocycles. The Morgan fingerprint density at radius 3 is 2.84 bits per heavy atom. The first-order valence-electron chi connectivity index (χ1n) is 6.31. The fourth-order valence-electron chi connectivity index (χ4n) is 2.41. The van der Waals surface area contributed by atoms with Crippen LogP contribution in [0.2, 0.25) is 0 Å². The second kappa shape index (κ2) is 5.14. The van der Waals surface area contributed by atoms with Crippen LogP contribution >= 0.6 is 0 Å². The molecule has 6 nitrogen and oxygen atoms in total. The van der Waals surface area contributed by atoms with Gasteiger partial charge in [-0.1, -0.05) is 6.08 Å². The van der Waals surface area contributed by atoms with Gasteiger partial charge in [0.25, 0.3) is 0 Å². The van der Waals surface area contributed by atoms with Crippen molar-refractivity contribution in [2.75, 3.05) is 30.3 Å². The Hall–Kier alpha value is -1.66. The SMILES string of the molecule is C=CCc1c(C)nc(N)nc1N1CC[C@@](O)(CO)C1. The molecule has 1 fully saturated rings. The lowest BCUT2D eigenvalue weighted by atomic mass is 10.1. The normalized spacial score (nSPS) is 22.8. The van der Waals surface area contributed by atoms with Crippen molar-refractivity contribution in [1.82, 2.24) is 9.97 Å². The van der Waals surface area contributed by atoms with Crippen molar-refractivity contribution < 1.29 is 10.2 Å². The molecule has 104 valence electrons. The Bertz CT molecular complexity index is 492. The minimum atomic E-state index is -1.06. The Labute approximate surface area is 112 Å². The quantitative estimate of drug-likeness (QED) is 0.664. The van der Waals surface area contributed by atoms with E-state index in [1.54, 1.807) is 6.08 Å². The van der Waals surface area contributed by atoms with E-state index in [9.17, 15) is 10.2 Å². The summed E-state index contributed by atoms with van der Waals surface area (Å²) >= 11 is 0. The average Bonchev–Trinajstić information content (AvgIpc) is 2.76. The molecule has 19 heavy (non-hydrogen) atoms. The molecule has 1 saturated heterocycles. The predicted molar refractivity (Wildman–Crippen MR) is 73.9 cm³/mol. The topological polar surface area (TPSA) is 95.5 Å². The van der Waals surface area contributed by atoms with Crippen LogP contribution in [0.1, 0.15) is 17.7 Å². The van der Waals surface area contributed by atoms with Crippen LogP contribution < -0.4 is 10.6 Å². The summed E-state index contributed by atoms with van der Waals surface area (Å²) < 4.78 is 0. The number of nitrogens with two attached hydrogens (primary N) is 1. The maximum atomic E-state index is 10.1. The van der Waals surface area contributed by atoms with Gasteiger partial charge in [0, 0.05) is 17.8 Å². The van der Waals surface area contributed by atoms with Gasteiger partial charge >= 0.3 is 0 Å². The predicted octanol–water partition coefficient (Wildman–Crippen LogP) is 0.0292. The third kappa shape index (κ3) is 2.69. The van der Waals surface area contributed by atoms with Gasteiger partial charge in [-0.05, 0) is 19.8 Å². The molecule has 1 aromatic heterocycles. The minimum Gasteiger partial charge on any atom is -0.393 e. The highest BCUT2D eigenvalue weighted by Gasteiger charge is 2.37. The molecule has 0 saturated carbocycles. The summed E-state index contributed by atoms with van der Waals surface area (Å²) in [5, 5.41) is 19.3. The number of rotatable bonds is 4. The zero-order chi connectivity index (χ0) is 14.0. The number of nitrogen functional groups attached to an aromatic ring is 1. The fraction of sp³-hybridized carbons (Fsp3) is 0.538. The summed E-state index contributed by atoms with van der Waals surface area (Å²) in [5.74, 6) is 0.953. The number of hydrogen-bond donors (Lipinski definition) is 3. The van der Waals surface area contributed by atoms with Gasteiger partial charge in [0.05, 0.1) is 13.2 Å². The van der Waals surface area contributed by atoms with Crippen LogP contribution in [0.5, 0.6) is 0 Å². The number of aliphatic hydroxyl groups excluding tert-OH is 1. The molecule has 1 aliphatic heterocycles. The minimum absolute atomic E-state index is 0.222. The molecule has 1 aliphatic rings. The van der Waals surface area contributed by atoms with Crippen LogP contribution in [-0.4, -0.2) is 45.5 Å². The zero-order valence-electron chi connectivity index (χ0n) is 11.1. The van der Waals surface area contributed by atoms with E-state index >= 15 is 0 Å². The lowest BCUT2D eigenvalue weighted by molar-refractivity contribution is 0.00473. The molecule has 6 heteroatoms. The number of aromatic nitrogens is 2. The van der Waals surface area contributed by atoms with Gasteiger partial charge in [-0.15, -0.1) is 6.58 Å². The first kappa shape index (κ1) is 13.8. The van der Waals surface area contributed by atoms with Gasteiger partial charge in [0.1, 0.15) is 11.4 Å². The van der Waals surface area contributed by atoms with Crippen LogP contribution in [0.3, 0.4) is 0 Å². The molecule has 0 radical (unpaired) electrons. The number of allylic oxidation sites excluding steroid dienone is 1. The van der Waals surface area contributed by atoms with Crippen molar-refractivity contribution in [2.45, 2.75) is 25.4 Å². The van der Waals surface area contributed by atoms with E-state index in [0.717, 1.165) is 17.1 Å². The Kier molecular flexibility index (Phi) is 3.73. The fourth-order valence-corrected chi connectivity index (χ4v) is 2.41. The second-order valence-electron chi connectivity index (χ2n) is 5.02. The van der Waals surface area contributed by atoms with Crippen LogP contribution in [0.25, 0.3) is 0 Å². The van der Waals surface area contributed by atoms with E-state index < -0.39 is 5.60 Å². The average molecular weight is 264 g/mol. The molecule has 1 aromatic rings. The van der Waals surface area contributed by atoms with E-state index in [4.69, 9.17) is 5.73 Å². The van der Waals surface area contributed by atoms with Crippen molar-refractivity contribution in [3.05, 3.63) is 23.9 Å². The van der Waals surface area contributed by atoms with Crippen LogP contribution in [0, 0.1) is 6.92 Å². The van der Waals surface area contributed by atoms with Crippen LogP contribution in [0.4, 0.5) is 11.8 Å². The zero-order valence-corrected chi connectivity index (χ0v) is 11.1. The monoisotopic (exact) mass is 264 g/mol. The largest absolute Gasteiger partial charge is 0.393 e. The summed E-state index contributed by atoms with van der Waals surface area (Å²) in [7, 11) is 0. The summed E-state index contributed by atoms with van der Waals surface area (Å²) in [6.07, 6.45) is 2.95. The molecule has 4 N–H and O–H groups in total. The van der Waals surface area contributed by atoms with Crippen molar-refractivity contribution >= 4 is 11.8 Å². The van der Waals surface area contributed by atoms with E-state index in [2.05, 4.69) is 16.5 Å². The smallest absolute Gasteiger partial charge is 0.222 e. The van der Waals surface area contributed by atoms with Gasteiger partial charge in [-0.25, -0.2) is 4.98 Å². The number of β-amino-alcohol motifs (C(OH)–C–C–N with tert-alkyl or cyclic N) is 1. The lowest BCUT2D eigenvalue weighted by Crippen LogP contribution is -2.37. The van der Waals surface area contributed by atoms with Crippen molar-refractivity contribution in [3.63, 3.8) is 0 Å². The number of aryl methyl sites for hydroxylation is 1.